The van der Waals surface area contributed by atoms with Gasteiger partial charge in [0, 0.05) is 0 Å². The van der Waals surface area contributed by atoms with Crippen molar-refractivity contribution in [2.24, 2.45) is 0 Å². The summed E-state index contributed by atoms with van der Waals surface area (Å²) in [6.07, 6.45) is 2.29. The van der Waals surface area contributed by atoms with Gasteiger partial charge in [0.15, 0.2) is 0 Å². The van der Waals surface area contributed by atoms with Crippen LogP contribution in [-0.2, 0) is 22.2 Å². The van der Waals surface area contributed by atoms with E-state index in [-0.39, 0.29) is 31.8 Å². The molecule has 0 amide bonds. The zero-order valence-corrected chi connectivity index (χ0v) is 23.7. The number of carbonyl (C=O) groups excluding carboxylic acids is 1. The van der Waals surface area contributed by atoms with E-state index >= 15 is 0 Å². The van der Waals surface area contributed by atoms with E-state index in [0.29, 0.717) is 12.2 Å². The van der Waals surface area contributed by atoms with Gasteiger partial charge in [-0.05, 0) is 0 Å². The molecule has 3 aromatic carbocycles. The second-order valence-corrected chi connectivity index (χ2v) is 12.6. The Morgan fingerprint density at radius 2 is 1.69 bits per heavy atom. The molecule has 36 heavy (non-hydrogen) atoms. The summed E-state index contributed by atoms with van der Waals surface area (Å²) in [6, 6.07) is 20.3. The number of ether oxygens (including phenoxy) is 2. The van der Waals surface area contributed by atoms with E-state index in [1.165, 1.54) is 33.8 Å². The first-order valence-corrected chi connectivity index (χ1v) is 14.0. The van der Waals surface area contributed by atoms with Crippen LogP contribution < -0.4 is 9.20 Å². The molecule has 0 bridgehead atoms. The van der Waals surface area contributed by atoms with Crippen molar-refractivity contribution in [3.63, 3.8) is 0 Å². The molecule has 0 atom stereocenters. The van der Waals surface area contributed by atoms with Crippen molar-refractivity contribution in [1.82, 2.24) is 0 Å². The van der Waals surface area contributed by atoms with E-state index in [4.69, 9.17) is 9.47 Å². The average molecular weight is 546 g/mol. The molecule has 0 heterocycles. The molecule has 0 saturated heterocycles. The first-order valence-electron chi connectivity index (χ1n) is 12.3. The fraction of sp³-hybridized carbons (Fsp3) is 0.344. The number of fused-ring (bicyclic) bond motifs is 1. The third-order valence-electron chi connectivity index (χ3n) is 7.00. The number of aryl methyl sites for hydroxylation is 1. The van der Waals surface area contributed by atoms with E-state index < -0.39 is 0 Å². The second kappa shape index (κ2) is 10.6. The molecule has 1 aliphatic rings. The van der Waals surface area contributed by atoms with Crippen molar-refractivity contribution in [3.05, 3.63) is 94.0 Å². The van der Waals surface area contributed by atoms with Crippen LogP contribution in [0.1, 0.15) is 78.7 Å². The zero-order chi connectivity index (χ0) is 25.9. The minimum absolute atomic E-state index is 0.0326. The normalized spacial score (nSPS) is 15.3. The average Bonchev–Trinajstić information content (AvgIpc) is 2.85. The Hall–Kier alpha value is -2.99. The molecule has 186 valence electrons. The van der Waals surface area contributed by atoms with Crippen LogP contribution in [0.25, 0.3) is 0 Å². The van der Waals surface area contributed by atoms with E-state index in [9.17, 15) is 4.79 Å². The van der Waals surface area contributed by atoms with Gasteiger partial charge >= 0.3 is 222 Å². The monoisotopic (exact) mass is 546 g/mol. The Balaban J connectivity index is 1.65. The quantitative estimate of drug-likeness (QED) is 0.223. The van der Waals surface area contributed by atoms with Crippen molar-refractivity contribution < 1.29 is 14.3 Å². The molecule has 3 nitrogen and oxygen atoms in total. The summed E-state index contributed by atoms with van der Waals surface area (Å²) in [5, 5.41) is 0. The summed E-state index contributed by atoms with van der Waals surface area (Å²) < 4.78 is 12.5. The number of hydrogen-bond donors (Lipinski definition) is 0. The molecule has 0 N–H and O–H groups in total. The van der Waals surface area contributed by atoms with Gasteiger partial charge < -0.3 is 0 Å². The summed E-state index contributed by atoms with van der Waals surface area (Å²) in [7, 11) is 1.39. The summed E-state index contributed by atoms with van der Waals surface area (Å²) in [5.74, 6) is 3.92. The van der Waals surface area contributed by atoms with Gasteiger partial charge in [-0.3, -0.25) is 0 Å². The predicted molar refractivity (Wildman–Crippen MR) is 147 cm³/mol. The van der Waals surface area contributed by atoms with Crippen LogP contribution in [0.5, 0.6) is 5.75 Å². The van der Waals surface area contributed by atoms with Crippen LogP contribution in [-0.4, -0.2) is 28.0 Å². The maximum absolute atomic E-state index is 11.7. The summed E-state index contributed by atoms with van der Waals surface area (Å²) in [6.45, 7) is 12.0. The van der Waals surface area contributed by atoms with Gasteiger partial charge in [0.25, 0.3) is 0 Å². The van der Waals surface area contributed by atoms with Crippen molar-refractivity contribution in [2.75, 3.05) is 7.11 Å². The topological polar surface area (TPSA) is 35.5 Å². The number of benzene rings is 3. The third-order valence-corrected chi connectivity index (χ3v) is 8.42. The summed E-state index contributed by atoms with van der Waals surface area (Å²) in [5.41, 5.74) is 6.73. The molecular formula is C32H34O3Se. The van der Waals surface area contributed by atoms with Crippen LogP contribution in [0, 0.1) is 17.7 Å². The van der Waals surface area contributed by atoms with Crippen LogP contribution in [0.3, 0.4) is 0 Å². The first kappa shape index (κ1) is 26.1. The van der Waals surface area contributed by atoms with Gasteiger partial charge in [0.2, 0.25) is 0 Å². The fourth-order valence-electron chi connectivity index (χ4n) is 4.79. The Morgan fingerprint density at radius 1 is 0.972 bits per heavy atom. The van der Waals surface area contributed by atoms with Gasteiger partial charge in [-0.2, -0.15) is 0 Å². The number of methoxy groups -OCH3 is 1. The molecule has 4 heteroatoms. The molecular weight excluding hydrogens is 511 g/mol. The Labute approximate surface area is 221 Å². The molecule has 0 unspecified atom stereocenters. The molecule has 0 aromatic heterocycles. The van der Waals surface area contributed by atoms with E-state index in [0.717, 1.165) is 24.2 Å². The van der Waals surface area contributed by atoms with Crippen molar-refractivity contribution in [2.45, 2.75) is 64.9 Å². The number of rotatable bonds is 5. The molecule has 0 fully saturated rings. The first-order chi connectivity index (χ1) is 17.1. The fourth-order valence-corrected chi connectivity index (χ4v) is 6.11. The molecule has 1 aliphatic carbocycles. The number of carbonyl (C=O) groups is 1. The van der Waals surface area contributed by atoms with E-state index in [2.05, 4.69) is 81.8 Å². The SMILES string of the molecule is COC(=O)c1ccc(C#C[Se]c2cc(OCc3cccc(C)c3)c3c(c2)C(C)(C)CCC3(C)C)cc1. The second-order valence-electron chi connectivity index (χ2n) is 10.8. The van der Waals surface area contributed by atoms with Crippen LogP contribution >= 0.6 is 0 Å². The Kier molecular flexibility index (Phi) is 7.65. The molecule has 0 aliphatic heterocycles. The van der Waals surface area contributed by atoms with Crippen LogP contribution in [0.4, 0.5) is 0 Å². The van der Waals surface area contributed by atoms with Gasteiger partial charge in [0.1, 0.15) is 0 Å². The van der Waals surface area contributed by atoms with E-state index in [1.807, 2.05) is 12.1 Å². The predicted octanol–water partition coefficient (Wildman–Crippen LogP) is 6.05. The molecule has 0 radical (unpaired) electrons. The van der Waals surface area contributed by atoms with Crippen molar-refractivity contribution in [1.29, 1.82) is 0 Å². The van der Waals surface area contributed by atoms with Gasteiger partial charge in [-0.1, -0.05) is 0 Å². The van der Waals surface area contributed by atoms with Crippen LogP contribution in [0.2, 0.25) is 0 Å². The minimum atomic E-state index is -0.337. The summed E-state index contributed by atoms with van der Waals surface area (Å²) >= 11 is -0.0326. The molecule has 3 aromatic rings. The van der Waals surface area contributed by atoms with Crippen molar-refractivity contribution >= 4 is 25.4 Å². The number of esters is 1. The number of hydrogen-bond acceptors (Lipinski definition) is 3. The third kappa shape index (κ3) is 5.86. The Bertz CT molecular complexity index is 1320. The van der Waals surface area contributed by atoms with Crippen LogP contribution in [0.15, 0.2) is 60.7 Å². The summed E-state index contributed by atoms with van der Waals surface area (Å²) in [4.78, 5) is 15.0. The molecule has 0 spiro atoms. The Morgan fingerprint density at radius 3 is 2.39 bits per heavy atom. The molecule has 4 rings (SSSR count). The van der Waals surface area contributed by atoms with E-state index in [1.54, 1.807) is 12.1 Å². The van der Waals surface area contributed by atoms with Gasteiger partial charge in [-0.25, -0.2) is 0 Å². The molecule has 0 saturated carbocycles. The van der Waals surface area contributed by atoms with Crippen molar-refractivity contribution in [3.8, 4) is 16.5 Å². The van der Waals surface area contributed by atoms with Gasteiger partial charge in [0.05, 0.1) is 0 Å². The maximum atomic E-state index is 11.7. The zero-order valence-electron chi connectivity index (χ0n) is 22.0. The standard InChI is InChI=1S/C32H34O3Se/c1-22-8-7-9-24(18-22)21-35-28-20-26(19-27-29(28)32(4,5)16-15-31(27,2)3)36-17-14-23-10-12-25(13-11-23)30(33)34-6/h7-13,18-20H,15-16,21H2,1-6H3. The van der Waals surface area contributed by atoms with Gasteiger partial charge in [-0.15, -0.1) is 0 Å².